The number of unbranched alkanes of at least 4 members (excludes halogenated alkanes) is 1. The molecule has 0 saturated carbocycles. The standard InChI is InChI=1S/C11H17NO2/c1-3-4-5-8-12-9-6-7-10(12)11(13)14-2/h1,10H,4-9H2,2H3. The van der Waals surface area contributed by atoms with Gasteiger partial charge in [-0.2, -0.15) is 0 Å². The molecule has 0 bridgehead atoms. The van der Waals surface area contributed by atoms with Crippen LogP contribution in [0.1, 0.15) is 25.7 Å². The summed E-state index contributed by atoms with van der Waals surface area (Å²) >= 11 is 0. The Morgan fingerprint density at radius 1 is 1.71 bits per heavy atom. The topological polar surface area (TPSA) is 29.5 Å². The van der Waals surface area contributed by atoms with E-state index in [1.165, 1.54) is 7.11 Å². The number of rotatable bonds is 4. The summed E-state index contributed by atoms with van der Waals surface area (Å²) in [6.07, 6.45) is 8.92. The molecular weight excluding hydrogens is 178 g/mol. The smallest absolute Gasteiger partial charge is 0.323 e. The van der Waals surface area contributed by atoms with Gasteiger partial charge in [0.25, 0.3) is 0 Å². The number of methoxy groups -OCH3 is 1. The van der Waals surface area contributed by atoms with Gasteiger partial charge in [-0.25, -0.2) is 0 Å². The average molecular weight is 195 g/mol. The molecule has 0 aromatic heterocycles. The normalized spacial score (nSPS) is 21.9. The maximum atomic E-state index is 11.4. The highest BCUT2D eigenvalue weighted by Crippen LogP contribution is 2.18. The summed E-state index contributed by atoms with van der Waals surface area (Å²) in [5.74, 6) is 2.50. The van der Waals surface area contributed by atoms with Crippen LogP contribution < -0.4 is 0 Å². The van der Waals surface area contributed by atoms with Gasteiger partial charge in [-0.15, -0.1) is 12.3 Å². The summed E-state index contributed by atoms with van der Waals surface area (Å²) in [5.41, 5.74) is 0. The zero-order chi connectivity index (χ0) is 10.4. The second kappa shape index (κ2) is 5.66. The molecule has 0 spiro atoms. The largest absolute Gasteiger partial charge is 0.468 e. The van der Waals surface area contributed by atoms with Crippen molar-refractivity contribution in [1.29, 1.82) is 0 Å². The van der Waals surface area contributed by atoms with E-state index in [1.54, 1.807) is 0 Å². The van der Waals surface area contributed by atoms with Crippen molar-refractivity contribution in [2.24, 2.45) is 0 Å². The quantitative estimate of drug-likeness (QED) is 0.381. The van der Waals surface area contributed by atoms with E-state index in [-0.39, 0.29) is 12.0 Å². The Hall–Kier alpha value is -1.01. The Morgan fingerprint density at radius 2 is 2.50 bits per heavy atom. The third-order valence-electron chi connectivity index (χ3n) is 2.60. The summed E-state index contributed by atoms with van der Waals surface area (Å²) < 4.78 is 4.75. The highest BCUT2D eigenvalue weighted by Gasteiger charge is 2.30. The van der Waals surface area contributed by atoms with Crippen LogP contribution in [0.15, 0.2) is 0 Å². The van der Waals surface area contributed by atoms with E-state index in [0.29, 0.717) is 0 Å². The van der Waals surface area contributed by atoms with E-state index >= 15 is 0 Å². The zero-order valence-electron chi connectivity index (χ0n) is 8.66. The van der Waals surface area contributed by atoms with E-state index in [4.69, 9.17) is 11.2 Å². The molecule has 14 heavy (non-hydrogen) atoms. The van der Waals surface area contributed by atoms with Crippen molar-refractivity contribution < 1.29 is 9.53 Å². The first kappa shape index (κ1) is 11.1. The molecule has 0 radical (unpaired) electrons. The van der Waals surface area contributed by atoms with Gasteiger partial charge in [0.15, 0.2) is 0 Å². The van der Waals surface area contributed by atoms with Crippen molar-refractivity contribution in [1.82, 2.24) is 4.90 Å². The van der Waals surface area contributed by atoms with E-state index in [0.717, 1.165) is 38.8 Å². The molecule has 1 heterocycles. The molecular formula is C11H17NO2. The summed E-state index contributed by atoms with van der Waals surface area (Å²) in [7, 11) is 1.44. The lowest BCUT2D eigenvalue weighted by Gasteiger charge is -2.21. The van der Waals surface area contributed by atoms with Crippen molar-refractivity contribution in [2.45, 2.75) is 31.7 Å². The first-order valence-electron chi connectivity index (χ1n) is 5.05. The van der Waals surface area contributed by atoms with Crippen molar-refractivity contribution in [2.75, 3.05) is 20.2 Å². The van der Waals surface area contributed by atoms with E-state index in [2.05, 4.69) is 10.8 Å². The number of nitrogens with zero attached hydrogens (tertiary/aromatic N) is 1. The van der Waals surface area contributed by atoms with Crippen LogP contribution >= 0.6 is 0 Å². The number of esters is 1. The number of hydrogen-bond acceptors (Lipinski definition) is 3. The molecule has 3 heteroatoms. The molecule has 3 nitrogen and oxygen atoms in total. The van der Waals surface area contributed by atoms with Crippen LogP contribution in [0.5, 0.6) is 0 Å². The van der Waals surface area contributed by atoms with Crippen LogP contribution in [0.25, 0.3) is 0 Å². The summed E-state index contributed by atoms with van der Waals surface area (Å²) in [6, 6.07) is -0.0298. The molecule has 1 aliphatic heterocycles. The average Bonchev–Trinajstić information content (AvgIpc) is 2.65. The van der Waals surface area contributed by atoms with Crippen LogP contribution in [0.2, 0.25) is 0 Å². The summed E-state index contributed by atoms with van der Waals surface area (Å²) in [4.78, 5) is 13.5. The van der Waals surface area contributed by atoms with Gasteiger partial charge in [-0.05, 0) is 32.4 Å². The molecule has 1 unspecified atom stereocenters. The highest BCUT2D eigenvalue weighted by atomic mass is 16.5. The highest BCUT2D eigenvalue weighted by molar-refractivity contribution is 5.75. The summed E-state index contributed by atoms with van der Waals surface area (Å²) in [6.45, 7) is 1.90. The Kier molecular flexibility index (Phi) is 4.48. The number of hydrogen-bond donors (Lipinski definition) is 0. The van der Waals surface area contributed by atoms with Gasteiger partial charge in [0.2, 0.25) is 0 Å². The van der Waals surface area contributed by atoms with Crippen LogP contribution in [0.3, 0.4) is 0 Å². The van der Waals surface area contributed by atoms with Crippen molar-refractivity contribution >= 4 is 5.97 Å². The Bertz CT molecular complexity index is 232. The van der Waals surface area contributed by atoms with Crippen molar-refractivity contribution in [3.05, 3.63) is 0 Å². The molecule has 1 rings (SSSR count). The SMILES string of the molecule is C#CCCCN1CCCC1C(=O)OC. The van der Waals surface area contributed by atoms with E-state index in [1.807, 2.05) is 0 Å². The molecule has 78 valence electrons. The maximum Gasteiger partial charge on any atom is 0.323 e. The van der Waals surface area contributed by atoms with Crippen LogP contribution in [-0.2, 0) is 9.53 Å². The van der Waals surface area contributed by atoms with E-state index < -0.39 is 0 Å². The Labute approximate surface area is 85.4 Å². The third-order valence-corrected chi connectivity index (χ3v) is 2.60. The van der Waals surface area contributed by atoms with Gasteiger partial charge in [-0.1, -0.05) is 0 Å². The monoisotopic (exact) mass is 195 g/mol. The molecule has 0 aliphatic carbocycles. The lowest BCUT2D eigenvalue weighted by Crippen LogP contribution is -2.37. The van der Waals surface area contributed by atoms with Gasteiger partial charge in [-0.3, -0.25) is 9.69 Å². The number of carbonyl (C=O) groups is 1. The third kappa shape index (κ3) is 2.74. The number of carbonyl (C=O) groups excluding carboxylic acids is 1. The fourth-order valence-corrected chi connectivity index (χ4v) is 1.88. The van der Waals surface area contributed by atoms with Gasteiger partial charge in [0.05, 0.1) is 7.11 Å². The van der Waals surface area contributed by atoms with Crippen molar-refractivity contribution in [3.8, 4) is 12.3 Å². The molecule has 0 amide bonds. The van der Waals surface area contributed by atoms with Gasteiger partial charge in [0, 0.05) is 6.42 Å². The predicted octanol–water partition coefficient (Wildman–Crippen LogP) is 1.04. The van der Waals surface area contributed by atoms with Crippen molar-refractivity contribution in [3.63, 3.8) is 0 Å². The van der Waals surface area contributed by atoms with Gasteiger partial charge >= 0.3 is 5.97 Å². The van der Waals surface area contributed by atoms with E-state index in [9.17, 15) is 4.79 Å². The lowest BCUT2D eigenvalue weighted by molar-refractivity contribution is -0.145. The fraction of sp³-hybridized carbons (Fsp3) is 0.727. The van der Waals surface area contributed by atoms with Gasteiger partial charge < -0.3 is 4.74 Å². The molecule has 0 N–H and O–H groups in total. The fourth-order valence-electron chi connectivity index (χ4n) is 1.88. The Morgan fingerprint density at radius 3 is 3.14 bits per heavy atom. The van der Waals surface area contributed by atoms with Crippen LogP contribution in [0.4, 0.5) is 0 Å². The molecule has 1 fully saturated rings. The molecule has 1 saturated heterocycles. The van der Waals surface area contributed by atoms with Crippen LogP contribution in [-0.4, -0.2) is 37.1 Å². The molecule has 1 aliphatic rings. The molecule has 1 atom stereocenters. The predicted molar refractivity (Wildman–Crippen MR) is 54.7 cm³/mol. The van der Waals surface area contributed by atoms with Crippen LogP contribution in [0, 0.1) is 12.3 Å². The minimum absolute atomic E-state index is 0.0298. The minimum Gasteiger partial charge on any atom is -0.468 e. The first-order valence-corrected chi connectivity index (χ1v) is 5.05. The Balaban J connectivity index is 2.36. The molecule has 0 aromatic rings. The number of likely N-dealkylation sites (tertiary alicyclic amines) is 1. The number of ether oxygens (including phenoxy) is 1. The molecule has 0 aromatic carbocycles. The first-order chi connectivity index (χ1) is 6.79. The summed E-state index contributed by atoms with van der Waals surface area (Å²) in [5, 5.41) is 0. The van der Waals surface area contributed by atoms with Gasteiger partial charge in [0.1, 0.15) is 6.04 Å². The maximum absolute atomic E-state index is 11.4. The number of terminal acetylenes is 1. The second-order valence-corrected chi connectivity index (χ2v) is 3.52. The lowest BCUT2D eigenvalue weighted by atomic mass is 10.2. The zero-order valence-corrected chi connectivity index (χ0v) is 8.66. The second-order valence-electron chi connectivity index (χ2n) is 3.52. The minimum atomic E-state index is -0.108.